The Labute approximate surface area is 148 Å². The second kappa shape index (κ2) is 10.1. The fraction of sp³-hybridized carbons (Fsp3) is 0.333. The van der Waals surface area contributed by atoms with E-state index in [-0.39, 0.29) is 0 Å². The van der Waals surface area contributed by atoms with Crippen LogP contribution < -0.4 is 20.1 Å². The molecule has 2 N–H and O–H groups in total. The number of benzene rings is 1. The van der Waals surface area contributed by atoms with Crippen molar-refractivity contribution >= 4 is 5.96 Å². The average molecular weight is 344 g/mol. The second-order valence-corrected chi connectivity index (χ2v) is 5.13. The van der Waals surface area contributed by atoms with Crippen LogP contribution in [0.5, 0.6) is 17.4 Å². The Balaban J connectivity index is 1.84. The molecule has 0 saturated carbocycles. The fourth-order valence-electron chi connectivity index (χ4n) is 2.02. The second-order valence-electron chi connectivity index (χ2n) is 5.13. The zero-order valence-electron chi connectivity index (χ0n) is 14.8. The minimum absolute atomic E-state index is 0.538. The Morgan fingerprint density at radius 3 is 2.40 bits per heavy atom. The van der Waals surface area contributed by atoms with Gasteiger partial charge in [-0.2, -0.15) is 0 Å². The van der Waals surface area contributed by atoms with E-state index in [0.717, 1.165) is 17.3 Å². The van der Waals surface area contributed by atoms with Crippen LogP contribution in [0.25, 0.3) is 0 Å². The number of hydrogen-bond acceptors (Lipinski definition) is 5. The number of nitrogens with one attached hydrogen (secondary N) is 2. The van der Waals surface area contributed by atoms with E-state index in [9.17, 15) is 0 Å². The molecule has 2 aromatic rings. The molecular weight excluding hydrogens is 320 g/mol. The standard InChI is InChI=1S/C18H24N4O3/c1-19-18(20-10-11-23-2)22-13-14-4-9-17(21-12-14)25-16-7-5-15(24-3)6-8-16/h4-9,12H,10-11,13H2,1-3H3,(H2,19,20,22). The Morgan fingerprint density at radius 1 is 1.04 bits per heavy atom. The first-order valence-corrected chi connectivity index (χ1v) is 7.95. The summed E-state index contributed by atoms with van der Waals surface area (Å²) in [5.41, 5.74) is 1.02. The van der Waals surface area contributed by atoms with Crippen LogP contribution in [0.15, 0.2) is 47.6 Å². The highest BCUT2D eigenvalue weighted by Crippen LogP contribution is 2.22. The van der Waals surface area contributed by atoms with Gasteiger partial charge in [0.15, 0.2) is 5.96 Å². The van der Waals surface area contributed by atoms with Crippen LogP contribution in [0.4, 0.5) is 0 Å². The SMILES string of the molecule is CN=C(NCCOC)NCc1ccc(Oc2ccc(OC)cc2)nc1. The van der Waals surface area contributed by atoms with Crippen molar-refractivity contribution in [1.29, 1.82) is 0 Å². The molecule has 1 aromatic heterocycles. The maximum Gasteiger partial charge on any atom is 0.219 e. The van der Waals surface area contributed by atoms with Crippen LogP contribution in [0.2, 0.25) is 0 Å². The van der Waals surface area contributed by atoms with E-state index in [0.29, 0.717) is 31.3 Å². The van der Waals surface area contributed by atoms with Gasteiger partial charge in [-0.15, -0.1) is 0 Å². The van der Waals surface area contributed by atoms with Gasteiger partial charge in [0.25, 0.3) is 0 Å². The van der Waals surface area contributed by atoms with E-state index < -0.39 is 0 Å². The molecule has 0 aliphatic heterocycles. The lowest BCUT2D eigenvalue weighted by atomic mass is 10.3. The zero-order valence-corrected chi connectivity index (χ0v) is 14.8. The van der Waals surface area contributed by atoms with Crippen molar-refractivity contribution < 1.29 is 14.2 Å². The molecule has 7 nitrogen and oxygen atoms in total. The molecule has 7 heteroatoms. The van der Waals surface area contributed by atoms with Crippen LogP contribution in [0, 0.1) is 0 Å². The van der Waals surface area contributed by atoms with Crippen LogP contribution in [-0.4, -0.2) is 45.4 Å². The first kappa shape index (κ1) is 18.5. The lowest BCUT2D eigenvalue weighted by Crippen LogP contribution is -2.38. The molecule has 0 spiro atoms. The minimum Gasteiger partial charge on any atom is -0.497 e. The summed E-state index contributed by atoms with van der Waals surface area (Å²) in [5.74, 6) is 2.75. The number of nitrogens with zero attached hydrogens (tertiary/aromatic N) is 2. The highest BCUT2D eigenvalue weighted by atomic mass is 16.5. The summed E-state index contributed by atoms with van der Waals surface area (Å²) in [6.45, 7) is 1.94. The molecule has 0 unspecified atom stereocenters. The van der Waals surface area contributed by atoms with Crippen LogP contribution in [0.3, 0.4) is 0 Å². The van der Waals surface area contributed by atoms with Gasteiger partial charge in [-0.05, 0) is 29.8 Å². The van der Waals surface area contributed by atoms with Gasteiger partial charge in [0, 0.05) is 39.5 Å². The summed E-state index contributed by atoms with van der Waals surface area (Å²) in [4.78, 5) is 8.47. The highest BCUT2D eigenvalue weighted by molar-refractivity contribution is 5.79. The molecule has 0 radical (unpaired) electrons. The van der Waals surface area contributed by atoms with Gasteiger partial charge in [0.1, 0.15) is 11.5 Å². The zero-order chi connectivity index (χ0) is 17.9. The Hall–Kier alpha value is -2.80. The van der Waals surface area contributed by atoms with E-state index in [2.05, 4.69) is 20.6 Å². The van der Waals surface area contributed by atoms with Gasteiger partial charge in [-0.1, -0.05) is 6.07 Å². The number of aliphatic imine (C=N–C) groups is 1. The van der Waals surface area contributed by atoms with Gasteiger partial charge >= 0.3 is 0 Å². The Kier molecular flexibility index (Phi) is 7.52. The lowest BCUT2D eigenvalue weighted by molar-refractivity contribution is 0.203. The number of guanidine groups is 1. The van der Waals surface area contributed by atoms with Crippen molar-refractivity contribution in [3.63, 3.8) is 0 Å². The first-order chi connectivity index (χ1) is 12.2. The number of hydrogen-bond donors (Lipinski definition) is 2. The largest absolute Gasteiger partial charge is 0.497 e. The number of ether oxygens (including phenoxy) is 3. The number of aromatic nitrogens is 1. The molecule has 25 heavy (non-hydrogen) atoms. The van der Waals surface area contributed by atoms with Gasteiger partial charge in [0.05, 0.1) is 13.7 Å². The van der Waals surface area contributed by atoms with Crippen molar-refractivity contribution in [3.05, 3.63) is 48.2 Å². The monoisotopic (exact) mass is 344 g/mol. The van der Waals surface area contributed by atoms with E-state index in [1.807, 2.05) is 36.4 Å². The van der Waals surface area contributed by atoms with E-state index in [4.69, 9.17) is 14.2 Å². The predicted molar refractivity (Wildman–Crippen MR) is 97.4 cm³/mol. The topological polar surface area (TPSA) is 77.0 Å². The average Bonchev–Trinajstić information content (AvgIpc) is 2.66. The molecule has 0 bridgehead atoms. The summed E-state index contributed by atoms with van der Waals surface area (Å²) in [6, 6.07) is 11.2. The van der Waals surface area contributed by atoms with Crippen molar-refractivity contribution in [1.82, 2.24) is 15.6 Å². The molecule has 0 fully saturated rings. The summed E-state index contributed by atoms with van der Waals surface area (Å²) in [6.07, 6.45) is 1.77. The summed E-state index contributed by atoms with van der Waals surface area (Å²) in [5, 5.41) is 6.37. The fourth-order valence-corrected chi connectivity index (χ4v) is 2.02. The van der Waals surface area contributed by atoms with Crippen LogP contribution in [0.1, 0.15) is 5.56 Å². The molecule has 0 aliphatic rings. The molecule has 0 atom stereocenters. The van der Waals surface area contributed by atoms with Gasteiger partial charge in [-0.25, -0.2) is 4.98 Å². The minimum atomic E-state index is 0.538. The normalized spacial score (nSPS) is 11.1. The summed E-state index contributed by atoms with van der Waals surface area (Å²) >= 11 is 0. The molecule has 0 amide bonds. The van der Waals surface area contributed by atoms with Crippen LogP contribution >= 0.6 is 0 Å². The van der Waals surface area contributed by atoms with Crippen molar-refractivity contribution in [3.8, 4) is 17.4 Å². The van der Waals surface area contributed by atoms with E-state index in [1.54, 1.807) is 27.5 Å². The molecule has 0 aliphatic carbocycles. The van der Waals surface area contributed by atoms with Crippen molar-refractivity contribution in [2.24, 2.45) is 4.99 Å². The molecule has 2 rings (SSSR count). The van der Waals surface area contributed by atoms with Crippen molar-refractivity contribution in [2.45, 2.75) is 6.54 Å². The van der Waals surface area contributed by atoms with Crippen LogP contribution in [-0.2, 0) is 11.3 Å². The maximum absolute atomic E-state index is 5.71. The first-order valence-electron chi connectivity index (χ1n) is 7.95. The number of rotatable bonds is 8. The molecule has 1 heterocycles. The Bertz CT molecular complexity index is 657. The van der Waals surface area contributed by atoms with Crippen molar-refractivity contribution in [2.75, 3.05) is 34.4 Å². The smallest absolute Gasteiger partial charge is 0.219 e. The molecule has 0 saturated heterocycles. The number of methoxy groups -OCH3 is 2. The molecule has 1 aromatic carbocycles. The lowest BCUT2D eigenvalue weighted by Gasteiger charge is -2.11. The summed E-state index contributed by atoms with van der Waals surface area (Å²) < 4.78 is 15.8. The van der Waals surface area contributed by atoms with E-state index >= 15 is 0 Å². The Morgan fingerprint density at radius 2 is 1.80 bits per heavy atom. The van der Waals surface area contributed by atoms with Gasteiger partial charge in [0.2, 0.25) is 5.88 Å². The van der Waals surface area contributed by atoms with Gasteiger partial charge < -0.3 is 24.8 Å². The summed E-state index contributed by atoms with van der Waals surface area (Å²) in [7, 11) is 5.03. The third kappa shape index (κ3) is 6.31. The van der Waals surface area contributed by atoms with Gasteiger partial charge in [-0.3, -0.25) is 4.99 Å². The molecule has 134 valence electrons. The number of pyridine rings is 1. The third-order valence-electron chi connectivity index (χ3n) is 3.36. The maximum atomic E-state index is 5.71. The quantitative estimate of drug-likeness (QED) is 0.434. The highest BCUT2D eigenvalue weighted by Gasteiger charge is 2.02. The predicted octanol–water partition coefficient (Wildman–Crippen LogP) is 2.19. The molecular formula is C18H24N4O3. The third-order valence-corrected chi connectivity index (χ3v) is 3.36. The van der Waals surface area contributed by atoms with E-state index in [1.165, 1.54) is 0 Å².